The van der Waals surface area contributed by atoms with E-state index < -0.39 is 6.10 Å². The van der Waals surface area contributed by atoms with Crippen molar-refractivity contribution >= 4 is 6.29 Å². The molecule has 1 unspecified atom stereocenters. The molecular formula is C4H8NO3. The maximum atomic E-state index is 9.62. The molecule has 0 heterocycles. The summed E-state index contributed by atoms with van der Waals surface area (Å²) in [5, 5.41) is 16.3. The summed E-state index contributed by atoms with van der Waals surface area (Å²) in [5.41, 5.74) is 1.76. The Balaban J connectivity index is 2.98. The van der Waals surface area contributed by atoms with Crippen LogP contribution in [0.4, 0.5) is 0 Å². The number of rotatable bonds is 4. The maximum absolute atomic E-state index is 9.62. The van der Waals surface area contributed by atoms with Gasteiger partial charge in [-0.3, -0.25) is 0 Å². The Bertz CT molecular complexity index is 66.3. The van der Waals surface area contributed by atoms with Gasteiger partial charge in [0.2, 0.25) is 0 Å². The predicted molar refractivity (Wildman–Crippen MR) is 26.2 cm³/mol. The summed E-state index contributed by atoms with van der Waals surface area (Å²) in [4.78, 5) is 9.62. The molecule has 0 spiro atoms. The van der Waals surface area contributed by atoms with Crippen molar-refractivity contribution in [3.05, 3.63) is 6.42 Å². The van der Waals surface area contributed by atoms with Crippen LogP contribution in [0.2, 0.25) is 0 Å². The van der Waals surface area contributed by atoms with E-state index in [0.29, 0.717) is 6.29 Å². The first-order valence-electron chi connectivity index (χ1n) is 2.15. The van der Waals surface area contributed by atoms with E-state index in [-0.39, 0.29) is 6.54 Å². The lowest BCUT2D eigenvalue weighted by atomic mass is 10.3. The van der Waals surface area contributed by atoms with E-state index in [2.05, 4.69) is 0 Å². The quantitative estimate of drug-likeness (QED) is 0.318. The molecule has 0 aliphatic rings. The molecule has 0 aromatic carbocycles. The Morgan fingerprint density at radius 2 is 2.38 bits per heavy atom. The third-order valence-electron chi connectivity index (χ3n) is 0.590. The van der Waals surface area contributed by atoms with Crippen molar-refractivity contribution in [2.24, 2.45) is 0 Å². The molecule has 0 aromatic rings. The maximum Gasteiger partial charge on any atom is 0.148 e. The van der Waals surface area contributed by atoms with Crippen LogP contribution in [0.3, 0.4) is 0 Å². The molecule has 0 rings (SSSR count). The minimum atomic E-state index is -1.07. The Kier molecular flexibility index (Phi) is 4.44. The van der Waals surface area contributed by atoms with Gasteiger partial charge in [-0.15, -0.1) is 0 Å². The molecule has 0 fully saturated rings. The molecule has 1 radical (unpaired) electrons. The van der Waals surface area contributed by atoms with Crippen LogP contribution in [0.5, 0.6) is 0 Å². The van der Waals surface area contributed by atoms with Crippen molar-refractivity contribution < 1.29 is 15.1 Å². The SMILES string of the molecule is O=CC(O)[CH]CNO. The summed E-state index contributed by atoms with van der Waals surface area (Å²) in [5.74, 6) is 0. The molecule has 0 aliphatic heterocycles. The monoisotopic (exact) mass is 118 g/mol. The minimum Gasteiger partial charge on any atom is -0.385 e. The number of aliphatic hydroxyl groups is 1. The van der Waals surface area contributed by atoms with Gasteiger partial charge in [-0.25, -0.2) is 5.48 Å². The zero-order chi connectivity index (χ0) is 6.41. The first kappa shape index (κ1) is 7.55. The molecule has 4 nitrogen and oxygen atoms in total. The highest BCUT2D eigenvalue weighted by atomic mass is 16.5. The van der Waals surface area contributed by atoms with Crippen LogP contribution in [0.1, 0.15) is 0 Å². The molecule has 0 aliphatic carbocycles. The fourth-order valence-electron chi connectivity index (χ4n) is 0.229. The zero-order valence-electron chi connectivity index (χ0n) is 4.24. The summed E-state index contributed by atoms with van der Waals surface area (Å²) in [6.45, 7) is 0.111. The highest BCUT2D eigenvalue weighted by Crippen LogP contribution is 1.79. The highest BCUT2D eigenvalue weighted by Gasteiger charge is 1.98. The van der Waals surface area contributed by atoms with Crippen LogP contribution in [-0.2, 0) is 4.79 Å². The van der Waals surface area contributed by atoms with Crippen molar-refractivity contribution in [1.82, 2.24) is 5.48 Å². The summed E-state index contributed by atoms with van der Waals surface area (Å²) in [6.07, 6.45) is 0.527. The first-order chi connectivity index (χ1) is 3.81. The summed E-state index contributed by atoms with van der Waals surface area (Å²) in [6, 6.07) is 0. The molecule has 8 heavy (non-hydrogen) atoms. The standard InChI is InChI=1S/C4H8NO3/c6-3-4(7)1-2-5-8/h1,3-5,7-8H,2H2. The van der Waals surface area contributed by atoms with E-state index in [1.54, 1.807) is 5.48 Å². The smallest absolute Gasteiger partial charge is 0.148 e. The van der Waals surface area contributed by atoms with Gasteiger partial charge in [-0.1, -0.05) is 0 Å². The lowest BCUT2D eigenvalue weighted by molar-refractivity contribution is -0.113. The van der Waals surface area contributed by atoms with Gasteiger partial charge in [0.1, 0.15) is 12.4 Å². The zero-order valence-corrected chi connectivity index (χ0v) is 4.24. The molecule has 3 N–H and O–H groups in total. The Morgan fingerprint density at radius 3 is 2.75 bits per heavy atom. The molecule has 1 atom stereocenters. The van der Waals surface area contributed by atoms with E-state index in [4.69, 9.17) is 10.3 Å². The highest BCUT2D eigenvalue weighted by molar-refractivity contribution is 5.57. The van der Waals surface area contributed by atoms with Crippen molar-refractivity contribution in [3.63, 3.8) is 0 Å². The molecule has 0 saturated carbocycles. The van der Waals surface area contributed by atoms with E-state index in [0.717, 1.165) is 0 Å². The summed E-state index contributed by atoms with van der Waals surface area (Å²) >= 11 is 0. The second kappa shape index (κ2) is 4.70. The van der Waals surface area contributed by atoms with Gasteiger partial charge < -0.3 is 15.1 Å². The van der Waals surface area contributed by atoms with Gasteiger partial charge in [-0.05, 0) is 0 Å². The van der Waals surface area contributed by atoms with Crippen LogP contribution < -0.4 is 5.48 Å². The number of hydroxylamine groups is 1. The van der Waals surface area contributed by atoms with E-state index in [9.17, 15) is 4.79 Å². The topological polar surface area (TPSA) is 69.6 Å². The molecule has 4 heteroatoms. The largest absolute Gasteiger partial charge is 0.385 e. The van der Waals surface area contributed by atoms with Crippen LogP contribution >= 0.6 is 0 Å². The number of hydrogen-bond acceptors (Lipinski definition) is 4. The number of nitrogens with one attached hydrogen (secondary N) is 1. The van der Waals surface area contributed by atoms with E-state index in [1.165, 1.54) is 6.42 Å². The van der Waals surface area contributed by atoms with Gasteiger partial charge in [0.15, 0.2) is 0 Å². The average molecular weight is 118 g/mol. The van der Waals surface area contributed by atoms with Crippen LogP contribution in [-0.4, -0.2) is 29.2 Å². The molecule has 0 amide bonds. The third kappa shape index (κ3) is 3.73. The third-order valence-corrected chi connectivity index (χ3v) is 0.590. The van der Waals surface area contributed by atoms with Gasteiger partial charge in [0.25, 0.3) is 0 Å². The number of aldehydes is 1. The van der Waals surface area contributed by atoms with E-state index in [1.807, 2.05) is 0 Å². The van der Waals surface area contributed by atoms with Crippen molar-refractivity contribution in [3.8, 4) is 0 Å². The Labute approximate surface area is 47.1 Å². The molecule has 0 aromatic heterocycles. The summed E-state index contributed by atoms with van der Waals surface area (Å²) in [7, 11) is 0. The van der Waals surface area contributed by atoms with Crippen molar-refractivity contribution in [2.45, 2.75) is 6.10 Å². The molecule has 47 valence electrons. The van der Waals surface area contributed by atoms with Crippen LogP contribution in [0, 0.1) is 6.42 Å². The van der Waals surface area contributed by atoms with Crippen LogP contribution in [0.25, 0.3) is 0 Å². The van der Waals surface area contributed by atoms with Gasteiger partial charge in [0.05, 0.1) is 0 Å². The number of carbonyl (C=O) groups excluding carboxylic acids is 1. The second-order valence-corrected chi connectivity index (χ2v) is 1.22. The van der Waals surface area contributed by atoms with Gasteiger partial charge in [-0.2, -0.15) is 0 Å². The normalized spacial score (nSPS) is 13.2. The number of hydrogen-bond donors (Lipinski definition) is 3. The van der Waals surface area contributed by atoms with Gasteiger partial charge >= 0.3 is 0 Å². The van der Waals surface area contributed by atoms with Crippen LogP contribution in [0.15, 0.2) is 0 Å². The van der Waals surface area contributed by atoms with Crippen molar-refractivity contribution in [1.29, 1.82) is 0 Å². The summed E-state index contributed by atoms with van der Waals surface area (Å²) < 4.78 is 0. The average Bonchev–Trinajstić information content (AvgIpc) is 1.83. The Hall–Kier alpha value is -0.450. The lowest BCUT2D eigenvalue weighted by Crippen LogP contribution is -2.18. The van der Waals surface area contributed by atoms with Gasteiger partial charge in [0, 0.05) is 13.0 Å². The van der Waals surface area contributed by atoms with E-state index >= 15 is 0 Å². The second-order valence-electron chi connectivity index (χ2n) is 1.22. The minimum absolute atomic E-state index is 0.111. The Morgan fingerprint density at radius 1 is 1.75 bits per heavy atom. The molecule has 0 bridgehead atoms. The molecular weight excluding hydrogens is 110 g/mol. The molecule has 0 saturated heterocycles. The first-order valence-corrected chi connectivity index (χ1v) is 2.15. The number of carbonyl (C=O) groups is 1. The lowest BCUT2D eigenvalue weighted by Gasteiger charge is -1.97. The van der Waals surface area contributed by atoms with Crippen molar-refractivity contribution in [2.75, 3.05) is 6.54 Å². The number of aliphatic hydroxyl groups excluding tert-OH is 1. The fraction of sp³-hybridized carbons (Fsp3) is 0.500. The predicted octanol–water partition coefficient (Wildman–Crippen LogP) is -1.27. The fourth-order valence-corrected chi connectivity index (χ4v) is 0.229.